The van der Waals surface area contributed by atoms with Gasteiger partial charge in [-0.15, -0.1) is 0 Å². The number of amides is 1. The standard InChI is InChI=1S/C14H26N3O5/c1-11(19)13(10-18)22-9-8-21-7-6-17-14(20)12(16)4-2-3-5-15/h12-13H,2-9,15-16H2,1H3,(H,17,20)/t12-,13?/m0/s1. The fourth-order valence-electron chi connectivity index (χ4n) is 1.58. The molecule has 0 fully saturated rings. The average Bonchev–Trinajstić information content (AvgIpc) is 2.49. The third-order valence-corrected chi connectivity index (χ3v) is 2.84. The lowest BCUT2D eigenvalue weighted by Crippen LogP contribution is -2.41. The first-order valence-corrected chi connectivity index (χ1v) is 7.33. The van der Waals surface area contributed by atoms with Crippen LogP contribution in [0.3, 0.4) is 0 Å². The molecule has 0 saturated heterocycles. The van der Waals surface area contributed by atoms with Gasteiger partial charge >= 0.3 is 0 Å². The predicted octanol–water partition coefficient (Wildman–Crippen LogP) is -1.34. The monoisotopic (exact) mass is 316 g/mol. The van der Waals surface area contributed by atoms with Gasteiger partial charge in [0, 0.05) is 6.54 Å². The smallest absolute Gasteiger partial charge is 0.237 e. The zero-order valence-corrected chi connectivity index (χ0v) is 13.0. The van der Waals surface area contributed by atoms with E-state index in [1.165, 1.54) is 13.2 Å². The molecule has 0 aromatic heterocycles. The van der Waals surface area contributed by atoms with E-state index in [0.29, 0.717) is 26.1 Å². The van der Waals surface area contributed by atoms with Gasteiger partial charge in [-0.25, -0.2) is 0 Å². The summed E-state index contributed by atoms with van der Waals surface area (Å²) >= 11 is 0. The van der Waals surface area contributed by atoms with Gasteiger partial charge in [0.15, 0.2) is 11.9 Å². The summed E-state index contributed by atoms with van der Waals surface area (Å²) in [5.74, 6) is -0.616. The van der Waals surface area contributed by atoms with Gasteiger partial charge in [-0.1, -0.05) is 6.42 Å². The van der Waals surface area contributed by atoms with Crippen LogP contribution in [0.1, 0.15) is 26.2 Å². The summed E-state index contributed by atoms with van der Waals surface area (Å²) in [6.07, 6.45) is 2.62. The van der Waals surface area contributed by atoms with Crippen LogP contribution < -0.4 is 16.8 Å². The summed E-state index contributed by atoms with van der Waals surface area (Å²) in [6, 6.07) is -0.533. The Kier molecular flexibility index (Phi) is 12.5. The van der Waals surface area contributed by atoms with Gasteiger partial charge in [0.25, 0.3) is 0 Å². The first-order chi connectivity index (χ1) is 10.5. The van der Waals surface area contributed by atoms with Crippen LogP contribution in [0.4, 0.5) is 0 Å². The quantitative estimate of drug-likeness (QED) is 0.267. The van der Waals surface area contributed by atoms with E-state index in [1.807, 2.05) is 0 Å². The van der Waals surface area contributed by atoms with Crippen molar-refractivity contribution in [3.8, 4) is 0 Å². The van der Waals surface area contributed by atoms with Crippen molar-refractivity contribution in [3.05, 3.63) is 0 Å². The Morgan fingerprint density at radius 1 is 1.23 bits per heavy atom. The molecule has 0 aliphatic carbocycles. The van der Waals surface area contributed by atoms with Gasteiger partial charge in [-0.3, -0.25) is 14.4 Å². The minimum absolute atomic E-state index is 0.103. The lowest BCUT2D eigenvalue weighted by molar-refractivity contribution is -0.125. The van der Waals surface area contributed by atoms with Crippen LogP contribution in [0.2, 0.25) is 0 Å². The van der Waals surface area contributed by atoms with Crippen molar-refractivity contribution in [2.24, 2.45) is 11.5 Å². The molecule has 0 spiro atoms. The second-order valence-electron chi connectivity index (χ2n) is 4.77. The van der Waals surface area contributed by atoms with E-state index in [2.05, 4.69) is 5.32 Å². The number of rotatable bonds is 14. The highest BCUT2D eigenvalue weighted by Crippen LogP contribution is 1.97. The summed E-state index contributed by atoms with van der Waals surface area (Å²) < 4.78 is 10.2. The van der Waals surface area contributed by atoms with Gasteiger partial charge < -0.3 is 26.3 Å². The number of ether oxygens (including phenoxy) is 2. The molecule has 0 bridgehead atoms. The van der Waals surface area contributed by atoms with Gasteiger partial charge in [-0.2, -0.15) is 0 Å². The number of ketones is 1. The maximum Gasteiger partial charge on any atom is 0.237 e. The van der Waals surface area contributed by atoms with E-state index < -0.39 is 17.9 Å². The first-order valence-electron chi connectivity index (χ1n) is 7.33. The van der Waals surface area contributed by atoms with Gasteiger partial charge in [-0.05, 0) is 26.3 Å². The number of nitrogens with two attached hydrogens (primary N) is 2. The topological polar surface area (TPSA) is 134 Å². The SMILES string of the molecule is CC(=O)C([C]=O)OCCOCCNC(=O)[C@@H](N)CCCCN. The second kappa shape index (κ2) is 13.3. The van der Waals surface area contributed by atoms with Crippen LogP contribution in [0.25, 0.3) is 0 Å². The van der Waals surface area contributed by atoms with E-state index in [9.17, 15) is 14.4 Å². The largest absolute Gasteiger partial charge is 0.377 e. The highest BCUT2D eigenvalue weighted by atomic mass is 16.5. The summed E-state index contributed by atoms with van der Waals surface area (Å²) in [5, 5.41) is 2.66. The third kappa shape index (κ3) is 10.4. The number of Topliss-reactive ketones (excluding diaryl/α,β-unsaturated/α-hetero) is 1. The van der Waals surface area contributed by atoms with E-state index in [-0.39, 0.29) is 19.1 Å². The molecule has 5 N–H and O–H groups in total. The lowest BCUT2D eigenvalue weighted by atomic mass is 10.1. The average molecular weight is 316 g/mol. The van der Waals surface area contributed by atoms with E-state index in [0.717, 1.165) is 12.8 Å². The normalized spacial score (nSPS) is 13.4. The van der Waals surface area contributed by atoms with E-state index in [1.54, 1.807) is 0 Å². The Morgan fingerprint density at radius 3 is 2.55 bits per heavy atom. The first kappa shape index (κ1) is 20.6. The highest BCUT2D eigenvalue weighted by Gasteiger charge is 2.14. The van der Waals surface area contributed by atoms with Crippen molar-refractivity contribution in [2.75, 3.05) is 32.9 Å². The minimum Gasteiger partial charge on any atom is -0.377 e. The Hall–Kier alpha value is -1.35. The molecule has 8 nitrogen and oxygen atoms in total. The van der Waals surface area contributed by atoms with Crippen molar-refractivity contribution in [2.45, 2.75) is 38.3 Å². The molecule has 1 amide bonds. The summed E-state index contributed by atoms with van der Waals surface area (Å²) in [7, 11) is 0. The molecule has 8 heteroatoms. The number of unbranched alkanes of at least 4 members (excludes halogenated alkanes) is 1. The molecule has 127 valence electrons. The molecule has 0 rings (SSSR count). The van der Waals surface area contributed by atoms with Crippen molar-refractivity contribution in [1.29, 1.82) is 0 Å². The zero-order valence-electron chi connectivity index (χ0n) is 13.0. The molecule has 1 radical (unpaired) electrons. The fraction of sp³-hybridized carbons (Fsp3) is 0.786. The number of carbonyl (C=O) groups is 2. The fourth-order valence-corrected chi connectivity index (χ4v) is 1.58. The molecule has 0 aromatic rings. The molecule has 22 heavy (non-hydrogen) atoms. The van der Waals surface area contributed by atoms with Crippen LogP contribution in [-0.2, 0) is 23.9 Å². The summed E-state index contributed by atoms with van der Waals surface area (Å²) in [5.41, 5.74) is 11.1. The minimum atomic E-state index is -1.16. The summed E-state index contributed by atoms with van der Waals surface area (Å²) in [4.78, 5) is 32.8. The second-order valence-corrected chi connectivity index (χ2v) is 4.77. The Bertz CT molecular complexity index is 338. The zero-order chi connectivity index (χ0) is 16.8. The number of hydrogen-bond acceptors (Lipinski definition) is 7. The number of hydrogen-bond donors (Lipinski definition) is 3. The Morgan fingerprint density at radius 2 is 1.95 bits per heavy atom. The molecule has 0 aromatic carbocycles. The predicted molar refractivity (Wildman–Crippen MR) is 80.8 cm³/mol. The number of carbonyl (C=O) groups excluding carboxylic acids is 3. The molecule has 0 aliphatic rings. The van der Waals surface area contributed by atoms with Gasteiger partial charge in [0.05, 0.1) is 25.9 Å². The Balaban J connectivity index is 3.54. The molecule has 2 atom stereocenters. The molecular formula is C14H26N3O5. The van der Waals surface area contributed by atoms with E-state index >= 15 is 0 Å². The van der Waals surface area contributed by atoms with Crippen molar-refractivity contribution >= 4 is 18.0 Å². The van der Waals surface area contributed by atoms with Crippen molar-refractivity contribution < 1.29 is 23.9 Å². The highest BCUT2D eigenvalue weighted by molar-refractivity contribution is 5.94. The van der Waals surface area contributed by atoms with Gasteiger partial charge in [0.1, 0.15) is 0 Å². The van der Waals surface area contributed by atoms with Crippen LogP contribution in [0.15, 0.2) is 0 Å². The maximum absolute atomic E-state index is 11.6. The Labute approximate surface area is 130 Å². The van der Waals surface area contributed by atoms with Crippen molar-refractivity contribution in [3.63, 3.8) is 0 Å². The van der Waals surface area contributed by atoms with Crippen LogP contribution >= 0.6 is 0 Å². The molecule has 0 aliphatic heterocycles. The summed E-state index contributed by atoms with van der Waals surface area (Å²) in [6.45, 7) is 2.79. The molecule has 0 heterocycles. The van der Waals surface area contributed by atoms with E-state index in [4.69, 9.17) is 20.9 Å². The molecule has 0 saturated carbocycles. The lowest BCUT2D eigenvalue weighted by Gasteiger charge is -2.12. The van der Waals surface area contributed by atoms with Crippen molar-refractivity contribution in [1.82, 2.24) is 5.32 Å². The van der Waals surface area contributed by atoms with Crippen LogP contribution in [0.5, 0.6) is 0 Å². The van der Waals surface area contributed by atoms with Crippen LogP contribution in [0, 0.1) is 0 Å². The molecule has 1 unspecified atom stereocenters. The third-order valence-electron chi connectivity index (χ3n) is 2.84. The van der Waals surface area contributed by atoms with Gasteiger partial charge in [0.2, 0.25) is 12.2 Å². The molecular weight excluding hydrogens is 290 g/mol. The van der Waals surface area contributed by atoms with Crippen LogP contribution in [-0.4, -0.2) is 63.0 Å². The maximum atomic E-state index is 11.6. The number of nitrogens with one attached hydrogen (secondary N) is 1.